The van der Waals surface area contributed by atoms with Crippen LogP contribution < -0.4 is 5.32 Å². The maximum Gasteiger partial charge on any atom is 0.320 e. The first-order valence-corrected chi connectivity index (χ1v) is 6.26. The van der Waals surface area contributed by atoms with Gasteiger partial charge in [-0.05, 0) is 19.4 Å². The van der Waals surface area contributed by atoms with E-state index in [2.05, 4.69) is 26.5 Å². The van der Waals surface area contributed by atoms with Crippen LogP contribution in [-0.4, -0.2) is 79.3 Å². The lowest BCUT2D eigenvalue weighted by Crippen LogP contribution is -2.37. The van der Waals surface area contributed by atoms with E-state index >= 15 is 0 Å². The van der Waals surface area contributed by atoms with Crippen LogP contribution in [0.4, 0.5) is 0 Å². The topological polar surface area (TPSA) is 89.8 Å². The average molecular weight is 265 g/mol. The molecular weight excluding hydrogens is 236 g/mol. The molecule has 0 heterocycles. The van der Waals surface area contributed by atoms with E-state index in [1.54, 1.807) is 0 Å². The second-order valence-electron chi connectivity index (χ2n) is 5.09. The molecule has 0 saturated carbocycles. The lowest BCUT2D eigenvalue weighted by molar-refractivity contribution is -0.870. The summed E-state index contributed by atoms with van der Waals surface area (Å²) in [6, 6.07) is -0.597. The first-order chi connectivity index (χ1) is 8.28. The van der Waals surface area contributed by atoms with Gasteiger partial charge >= 0.3 is 5.97 Å². The molecule has 0 bridgehead atoms. The number of rotatable bonds is 8. The number of aliphatic hydroxyl groups is 2. The van der Waals surface area contributed by atoms with Gasteiger partial charge in [0.15, 0.2) is 0 Å². The monoisotopic (exact) mass is 265 g/mol. The molecule has 0 rings (SSSR count). The van der Waals surface area contributed by atoms with Crippen LogP contribution in [0.5, 0.6) is 0 Å². The van der Waals surface area contributed by atoms with Crippen molar-refractivity contribution in [3.05, 3.63) is 0 Å². The molecule has 0 aliphatic carbocycles. The highest BCUT2D eigenvalue weighted by Gasteiger charge is 2.14. The molecule has 4 N–H and O–H groups in total. The number of aliphatic hydroxyl groups excluding tert-OH is 2. The number of carboxylic acids is 1. The van der Waals surface area contributed by atoms with Crippen LogP contribution in [0.1, 0.15) is 19.8 Å². The lowest BCUT2D eigenvalue weighted by Gasteiger charge is -2.21. The van der Waals surface area contributed by atoms with E-state index in [4.69, 9.17) is 15.3 Å². The fourth-order valence-corrected chi connectivity index (χ4v) is 1.06. The molecule has 0 aromatic rings. The maximum absolute atomic E-state index is 10.4. The third-order valence-corrected chi connectivity index (χ3v) is 2.13. The summed E-state index contributed by atoms with van der Waals surface area (Å²) in [4.78, 5) is 10.4. The fraction of sp³-hybridized carbons (Fsp3) is 0.917. The highest BCUT2D eigenvalue weighted by atomic mass is 16.4. The largest absolute Gasteiger partial charge is 0.480 e. The quantitative estimate of drug-likeness (QED) is 0.445. The number of carboxylic acid groups (broad SMARTS) is 1. The maximum atomic E-state index is 10.4. The summed E-state index contributed by atoms with van der Waals surface area (Å²) in [7, 11) is 6.16. The number of hydrogen-bond acceptors (Lipinski definition) is 4. The predicted octanol–water partition coefficient (Wildman–Crippen LogP) is -0.493. The lowest BCUT2D eigenvalue weighted by atomic mass is 10.2. The Hall–Kier alpha value is -0.690. The zero-order valence-corrected chi connectivity index (χ0v) is 12.0. The molecule has 0 saturated heterocycles. The number of hydrogen-bond donors (Lipinski definition) is 4. The molecule has 110 valence electrons. The number of quaternary nitrogens is 1. The Labute approximate surface area is 110 Å². The Morgan fingerprint density at radius 2 is 1.78 bits per heavy atom. The van der Waals surface area contributed by atoms with Gasteiger partial charge in [0.1, 0.15) is 12.6 Å². The first-order valence-electron chi connectivity index (χ1n) is 6.26. The molecule has 0 aliphatic rings. The summed E-state index contributed by atoms with van der Waals surface area (Å²) >= 11 is 0. The Balaban J connectivity index is 0. The summed E-state index contributed by atoms with van der Waals surface area (Å²) in [5, 5.41) is 28.2. The van der Waals surface area contributed by atoms with Crippen LogP contribution in [0.2, 0.25) is 0 Å². The Bertz CT molecular complexity index is 205. The minimum Gasteiger partial charge on any atom is -0.480 e. The molecule has 0 aromatic carbocycles. The van der Waals surface area contributed by atoms with Gasteiger partial charge < -0.3 is 25.1 Å². The molecular formula is C12H29N2O4+. The summed E-state index contributed by atoms with van der Waals surface area (Å²) in [5.41, 5.74) is 0. The minimum atomic E-state index is -0.896. The van der Waals surface area contributed by atoms with Crippen LogP contribution in [0.25, 0.3) is 0 Å². The third kappa shape index (κ3) is 15.3. The van der Waals surface area contributed by atoms with E-state index in [-0.39, 0.29) is 19.6 Å². The fourth-order valence-electron chi connectivity index (χ4n) is 1.06. The van der Waals surface area contributed by atoms with E-state index in [0.717, 1.165) is 17.4 Å². The molecule has 6 heteroatoms. The third-order valence-electron chi connectivity index (χ3n) is 2.13. The smallest absolute Gasteiger partial charge is 0.320 e. The molecule has 0 fully saturated rings. The standard InChI is InChI=1S/C7H15NO3.C5H14NO/c1-2-4-8-6(3-5-9)7(10)11;1-6(2,3)4-5-7/h6,8-9H,2-5H2,1H3,(H,10,11);7H,4-5H2,1-3H3/q;+1. The Kier molecular flexibility index (Phi) is 12.4. The van der Waals surface area contributed by atoms with Gasteiger partial charge in [-0.3, -0.25) is 4.79 Å². The highest BCUT2D eigenvalue weighted by Crippen LogP contribution is 1.90. The van der Waals surface area contributed by atoms with E-state index < -0.39 is 12.0 Å². The Morgan fingerprint density at radius 1 is 1.22 bits per heavy atom. The van der Waals surface area contributed by atoms with Gasteiger partial charge in [-0.2, -0.15) is 0 Å². The van der Waals surface area contributed by atoms with Crippen molar-refractivity contribution in [3.63, 3.8) is 0 Å². The van der Waals surface area contributed by atoms with Gasteiger partial charge in [-0.25, -0.2) is 0 Å². The molecule has 0 aliphatic heterocycles. The van der Waals surface area contributed by atoms with E-state index in [9.17, 15) is 4.79 Å². The van der Waals surface area contributed by atoms with Gasteiger partial charge in [0, 0.05) is 6.61 Å². The van der Waals surface area contributed by atoms with Crippen LogP contribution in [0.3, 0.4) is 0 Å². The van der Waals surface area contributed by atoms with Gasteiger partial charge in [0.25, 0.3) is 0 Å². The molecule has 0 spiro atoms. The number of aliphatic carboxylic acids is 1. The molecule has 1 unspecified atom stereocenters. The van der Waals surface area contributed by atoms with E-state index in [1.807, 2.05) is 6.92 Å². The van der Waals surface area contributed by atoms with Crippen molar-refractivity contribution in [2.75, 3.05) is 47.4 Å². The van der Waals surface area contributed by atoms with Gasteiger partial charge in [-0.15, -0.1) is 0 Å². The number of carbonyl (C=O) groups is 1. The number of nitrogens with one attached hydrogen (secondary N) is 1. The van der Waals surface area contributed by atoms with E-state index in [0.29, 0.717) is 6.54 Å². The predicted molar refractivity (Wildman–Crippen MR) is 71.4 cm³/mol. The van der Waals surface area contributed by atoms with Crippen LogP contribution in [0.15, 0.2) is 0 Å². The van der Waals surface area contributed by atoms with Crippen molar-refractivity contribution in [2.45, 2.75) is 25.8 Å². The summed E-state index contributed by atoms with van der Waals surface area (Å²) in [6.45, 7) is 3.67. The van der Waals surface area contributed by atoms with Crippen LogP contribution in [-0.2, 0) is 4.79 Å². The zero-order chi connectivity index (χ0) is 14.6. The first kappa shape index (κ1) is 19.6. The van der Waals surface area contributed by atoms with E-state index in [1.165, 1.54) is 0 Å². The second kappa shape index (κ2) is 11.4. The van der Waals surface area contributed by atoms with Crippen LogP contribution in [0, 0.1) is 0 Å². The SMILES string of the molecule is CCCNC(CCO)C(=O)O.C[N+](C)(C)CCO. The summed E-state index contributed by atoms with van der Waals surface area (Å²) in [5.74, 6) is -0.896. The van der Waals surface area contributed by atoms with Gasteiger partial charge in [0.2, 0.25) is 0 Å². The second-order valence-corrected chi connectivity index (χ2v) is 5.09. The highest BCUT2D eigenvalue weighted by molar-refractivity contribution is 5.73. The number of likely N-dealkylation sites (N-methyl/N-ethyl adjacent to an activating group) is 1. The van der Waals surface area contributed by atoms with Crippen molar-refractivity contribution in [1.29, 1.82) is 0 Å². The van der Waals surface area contributed by atoms with Crippen molar-refractivity contribution in [3.8, 4) is 0 Å². The average Bonchev–Trinajstić information content (AvgIpc) is 2.23. The zero-order valence-electron chi connectivity index (χ0n) is 12.0. The van der Waals surface area contributed by atoms with Crippen molar-refractivity contribution in [2.24, 2.45) is 0 Å². The molecule has 6 nitrogen and oxygen atoms in total. The van der Waals surface area contributed by atoms with Crippen LogP contribution >= 0.6 is 0 Å². The van der Waals surface area contributed by atoms with Crippen molar-refractivity contribution >= 4 is 5.97 Å². The van der Waals surface area contributed by atoms with Gasteiger partial charge in [-0.1, -0.05) is 6.92 Å². The molecule has 0 aromatic heterocycles. The normalized spacial score (nSPS) is 12.6. The van der Waals surface area contributed by atoms with Gasteiger partial charge in [0.05, 0.1) is 27.7 Å². The molecule has 18 heavy (non-hydrogen) atoms. The molecule has 0 radical (unpaired) electrons. The van der Waals surface area contributed by atoms with Crippen molar-refractivity contribution in [1.82, 2.24) is 5.32 Å². The number of nitrogens with zero attached hydrogens (tertiary/aromatic N) is 1. The summed E-state index contributed by atoms with van der Waals surface area (Å²) in [6.07, 6.45) is 1.17. The van der Waals surface area contributed by atoms with Crippen molar-refractivity contribution < 1.29 is 24.6 Å². The Morgan fingerprint density at radius 3 is 2.00 bits per heavy atom. The summed E-state index contributed by atoms with van der Waals surface area (Å²) < 4.78 is 0.844. The molecule has 1 atom stereocenters. The molecule has 0 amide bonds. The minimum absolute atomic E-state index is 0.0896.